The molecule has 1 saturated carbocycles. The second-order valence-corrected chi connectivity index (χ2v) is 7.29. The lowest BCUT2D eigenvalue weighted by Gasteiger charge is -2.34. The zero-order valence-electron chi connectivity index (χ0n) is 11.5. The van der Waals surface area contributed by atoms with Crippen LogP contribution in [0.1, 0.15) is 30.8 Å². The fourth-order valence-electron chi connectivity index (χ4n) is 2.40. The summed E-state index contributed by atoms with van der Waals surface area (Å²) >= 11 is 3.26. The van der Waals surface area contributed by atoms with Crippen LogP contribution in [0.4, 0.5) is 0 Å². The molecule has 0 radical (unpaired) electrons. The molecule has 3 aromatic heterocycles. The summed E-state index contributed by atoms with van der Waals surface area (Å²) in [6.07, 6.45) is 2.98. The molecule has 3 aromatic rings. The van der Waals surface area contributed by atoms with Crippen molar-refractivity contribution in [1.29, 1.82) is 0 Å². The normalized spacial score (nSPS) is 16.9. The highest BCUT2D eigenvalue weighted by atomic mass is 32.1. The van der Waals surface area contributed by atoms with Crippen molar-refractivity contribution >= 4 is 22.7 Å². The lowest BCUT2D eigenvalue weighted by Crippen LogP contribution is -2.44. The Morgan fingerprint density at radius 1 is 1.33 bits per heavy atom. The van der Waals surface area contributed by atoms with Crippen molar-refractivity contribution in [2.24, 2.45) is 5.73 Å². The number of thiophene rings is 1. The molecular formula is C14H14N4OS2. The molecule has 0 aliphatic heterocycles. The van der Waals surface area contributed by atoms with E-state index in [1.807, 2.05) is 18.4 Å². The van der Waals surface area contributed by atoms with E-state index in [0.717, 1.165) is 39.7 Å². The first-order chi connectivity index (χ1) is 10.2. The van der Waals surface area contributed by atoms with Crippen LogP contribution < -0.4 is 5.73 Å². The van der Waals surface area contributed by atoms with E-state index in [1.54, 1.807) is 22.7 Å². The second-order valence-electron chi connectivity index (χ2n) is 5.34. The molecule has 4 rings (SSSR count). The molecule has 0 saturated heterocycles. The molecule has 1 fully saturated rings. The quantitative estimate of drug-likeness (QED) is 0.798. The van der Waals surface area contributed by atoms with Crippen molar-refractivity contribution in [1.82, 2.24) is 15.1 Å². The van der Waals surface area contributed by atoms with Gasteiger partial charge in [0.15, 0.2) is 5.82 Å². The molecule has 0 unspecified atom stereocenters. The first-order valence-electron chi connectivity index (χ1n) is 6.80. The van der Waals surface area contributed by atoms with Gasteiger partial charge in [-0.05, 0) is 37.6 Å². The molecule has 0 spiro atoms. The number of nitrogens with zero attached hydrogens (tertiary/aromatic N) is 3. The van der Waals surface area contributed by atoms with Crippen molar-refractivity contribution in [3.8, 4) is 20.7 Å². The van der Waals surface area contributed by atoms with Crippen LogP contribution in [0.2, 0.25) is 0 Å². The van der Waals surface area contributed by atoms with E-state index in [2.05, 4.69) is 21.2 Å². The van der Waals surface area contributed by atoms with Gasteiger partial charge in [0.05, 0.1) is 16.1 Å². The Kier molecular flexibility index (Phi) is 2.95. The van der Waals surface area contributed by atoms with Crippen molar-refractivity contribution in [2.75, 3.05) is 0 Å². The first-order valence-corrected chi connectivity index (χ1v) is 8.50. The van der Waals surface area contributed by atoms with Gasteiger partial charge in [0.25, 0.3) is 5.89 Å². The minimum atomic E-state index is -0.392. The van der Waals surface area contributed by atoms with Gasteiger partial charge in [-0.2, -0.15) is 4.98 Å². The lowest BCUT2D eigenvalue weighted by atomic mass is 9.77. The molecule has 7 heteroatoms. The van der Waals surface area contributed by atoms with Crippen molar-refractivity contribution in [3.05, 3.63) is 29.0 Å². The second kappa shape index (κ2) is 4.72. The summed E-state index contributed by atoms with van der Waals surface area (Å²) in [7, 11) is 0. The summed E-state index contributed by atoms with van der Waals surface area (Å²) in [5.74, 6) is 1.15. The van der Waals surface area contributed by atoms with Crippen LogP contribution in [0.5, 0.6) is 0 Å². The molecule has 21 heavy (non-hydrogen) atoms. The van der Waals surface area contributed by atoms with Crippen LogP contribution in [-0.2, 0) is 5.54 Å². The van der Waals surface area contributed by atoms with Gasteiger partial charge in [0, 0.05) is 0 Å². The number of hydrogen-bond donors (Lipinski definition) is 1. The summed E-state index contributed by atoms with van der Waals surface area (Å²) < 4.78 is 5.42. The van der Waals surface area contributed by atoms with Crippen LogP contribution in [0.3, 0.4) is 0 Å². The third kappa shape index (κ3) is 2.12. The van der Waals surface area contributed by atoms with Gasteiger partial charge in [-0.1, -0.05) is 11.2 Å². The van der Waals surface area contributed by atoms with Crippen LogP contribution in [0.15, 0.2) is 22.0 Å². The Hall–Kier alpha value is -1.57. The fourth-order valence-corrected chi connectivity index (χ4v) is 4.18. The molecule has 2 N–H and O–H groups in total. The number of aromatic nitrogens is 3. The molecule has 108 valence electrons. The Balaban J connectivity index is 1.71. The summed E-state index contributed by atoms with van der Waals surface area (Å²) in [6.45, 7) is 1.97. The van der Waals surface area contributed by atoms with E-state index < -0.39 is 5.54 Å². The predicted molar refractivity (Wildman–Crippen MR) is 83.2 cm³/mol. The van der Waals surface area contributed by atoms with Crippen LogP contribution >= 0.6 is 22.7 Å². The van der Waals surface area contributed by atoms with E-state index in [1.165, 1.54) is 0 Å². The minimum absolute atomic E-state index is 0.392. The monoisotopic (exact) mass is 318 g/mol. The van der Waals surface area contributed by atoms with Gasteiger partial charge in [-0.25, -0.2) is 4.98 Å². The molecule has 3 heterocycles. The van der Waals surface area contributed by atoms with E-state index in [9.17, 15) is 0 Å². The zero-order valence-corrected chi connectivity index (χ0v) is 13.1. The van der Waals surface area contributed by atoms with Crippen LogP contribution in [0.25, 0.3) is 20.7 Å². The molecule has 0 amide bonds. The Morgan fingerprint density at radius 2 is 2.19 bits per heavy atom. The molecule has 0 bridgehead atoms. The summed E-state index contributed by atoms with van der Waals surface area (Å²) in [5, 5.41) is 7.11. The van der Waals surface area contributed by atoms with Gasteiger partial charge in [-0.3, -0.25) is 0 Å². The molecule has 0 atom stereocenters. The maximum atomic E-state index is 6.24. The van der Waals surface area contributed by atoms with Gasteiger partial charge < -0.3 is 10.3 Å². The van der Waals surface area contributed by atoms with Gasteiger partial charge in [0.1, 0.15) is 9.88 Å². The molecular weight excluding hydrogens is 304 g/mol. The maximum Gasteiger partial charge on any atom is 0.270 e. The minimum Gasteiger partial charge on any atom is -0.333 e. The number of hydrogen-bond acceptors (Lipinski definition) is 7. The zero-order chi connectivity index (χ0) is 14.4. The highest BCUT2D eigenvalue weighted by molar-refractivity contribution is 7.22. The maximum absolute atomic E-state index is 6.24. The average molecular weight is 318 g/mol. The Labute approximate surface area is 129 Å². The van der Waals surface area contributed by atoms with Gasteiger partial charge in [0.2, 0.25) is 0 Å². The largest absolute Gasteiger partial charge is 0.333 e. The number of thiazole rings is 1. The van der Waals surface area contributed by atoms with Gasteiger partial charge in [-0.15, -0.1) is 22.7 Å². The van der Waals surface area contributed by atoms with E-state index in [-0.39, 0.29) is 0 Å². The van der Waals surface area contributed by atoms with E-state index in [0.29, 0.717) is 11.7 Å². The fraction of sp³-hybridized carbons (Fsp3) is 0.357. The van der Waals surface area contributed by atoms with E-state index in [4.69, 9.17) is 10.3 Å². The van der Waals surface area contributed by atoms with Crippen LogP contribution in [0, 0.1) is 6.92 Å². The molecule has 1 aliphatic rings. The number of rotatable bonds is 3. The molecule has 0 aromatic carbocycles. The van der Waals surface area contributed by atoms with Crippen molar-refractivity contribution in [3.63, 3.8) is 0 Å². The Bertz CT molecular complexity index is 771. The van der Waals surface area contributed by atoms with Crippen molar-refractivity contribution < 1.29 is 4.52 Å². The predicted octanol–water partition coefficient (Wildman–Crippen LogP) is 3.57. The standard InChI is InChI=1S/C14H14N4OS2/c1-8-10(21-12(16-8)9-4-2-7-20-9)11-17-13(18-19-11)14(15)5-3-6-14/h2,4,7H,3,5-6,15H2,1H3. The van der Waals surface area contributed by atoms with Gasteiger partial charge >= 0.3 is 0 Å². The highest BCUT2D eigenvalue weighted by Crippen LogP contribution is 2.40. The average Bonchev–Trinajstić information content (AvgIpc) is 3.15. The topological polar surface area (TPSA) is 77.8 Å². The smallest absolute Gasteiger partial charge is 0.270 e. The summed E-state index contributed by atoms with van der Waals surface area (Å²) in [4.78, 5) is 11.2. The third-order valence-electron chi connectivity index (χ3n) is 3.84. The third-order valence-corrected chi connectivity index (χ3v) is 6.02. The van der Waals surface area contributed by atoms with Crippen LogP contribution in [-0.4, -0.2) is 15.1 Å². The molecule has 1 aliphatic carbocycles. The summed E-state index contributed by atoms with van der Waals surface area (Å²) in [5.41, 5.74) is 6.76. The van der Waals surface area contributed by atoms with E-state index >= 15 is 0 Å². The Morgan fingerprint density at radius 3 is 2.86 bits per heavy atom. The molecule has 5 nitrogen and oxygen atoms in total. The van der Waals surface area contributed by atoms with Crippen molar-refractivity contribution in [2.45, 2.75) is 31.7 Å². The number of nitrogens with two attached hydrogens (primary N) is 1. The summed E-state index contributed by atoms with van der Waals surface area (Å²) in [6, 6.07) is 4.09. The highest BCUT2D eigenvalue weighted by Gasteiger charge is 2.39. The first kappa shape index (κ1) is 13.1. The lowest BCUT2D eigenvalue weighted by molar-refractivity contribution is 0.229. The SMILES string of the molecule is Cc1nc(-c2cccs2)sc1-c1nc(C2(N)CCC2)no1. The number of aryl methyl sites for hydroxylation is 1.